The second kappa shape index (κ2) is 4.82. The van der Waals surface area contributed by atoms with Gasteiger partial charge in [-0.25, -0.2) is 4.98 Å². The first-order valence-electron chi connectivity index (χ1n) is 4.57. The number of nitrogens with two attached hydrogens (primary N) is 1. The van der Waals surface area contributed by atoms with Gasteiger partial charge in [0.25, 0.3) is 0 Å². The second-order valence-corrected chi connectivity index (χ2v) is 4.34. The van der Waals surface area contributed by atoms with E-state index in [1.807, 2.05) is 0 Å². The van der Waals surface area contributed by atoms with Crippen LogP contribution in [0.5, 0.6) is 0 Å². The summed E-state index contributed by atoms with van der Waals surface area (Å²) in [6, 6.07) is 0. The van der Waals surface area contributed by atoms with E-state index in [9.17, 15) is 0 Å². The minimum absolute atomic E-state index is 0. The van der Waals surface area contributed by atoms with E-state index in [0.717, 1.165) is 5.13 Å². The molecule has 1 fully saturated rings. The number of rotatable bonds is 1. The van der Waals surface area contributed by atoms with Crippen LogP contribution in [0.25, 0.3) is 0 Å². The molecular formula is C9H15ClN2S. The predicted molar refractivity (Wildman–Crippen MR) is 59.6 cm³/mol. The summed E-state index contributed by atoms with van der Waals surface area (Å²) in [7, 11) is 0. The van der Waals surface area contributed by atoms with Crippen LogP contribution >= 0.6 is 23.7 Å². The lowest BCUT2D eigenvalue weighted by Crippen LogP contribution is -2.04. The Morgan fingerprint density at radius 2 is 2.00 bits per heavy atom. The lowest BCUT2D eigenvalue weighted by Gasteiger charge is -2.19. The first kappa shape index (κ1) is 10.8. The van der Waals surface area contributed by atoms with Crippen LogP contribution in [-0.2, 0) is 0 Å². The zero-order valence-corrected chi connectivity index (χ0v) is 9.16. The summed E-state index contributed by atoms with van der Waals surface area (Å²) >= 11 is 1.56. The van der Waals surface area contributed by atoms with Crippen molar-refractivity contribution in [3.05, 3.63) is 11.1 Å². The Morgan fingerprint density at radius 3 is 2.54 bits per heavy atom. The highest BCUT2D eigenvalue weighted by Crippen LogP contribution is 2.33. The summed E-state index contributed by atoms with van der Waals surface area (Å²) in [4.78, 5) is 4.33. The lowest BCUT2D eigenvalue weighted by atomic mass is 9.87. The van der Waals surface area contributed by atoms with Gasteiger partial charge in [-0.05, 0) is 12.8 Å². The SMILES string of the molecule is Cl.Nc1nc(C2CCCCC2)cs1. The van der Waals surface area contributed by atoms with Gasteiger partial charge in [-0.3, -0.25) is 0 Å². The third kappa shape index (κ3) is 2.58. The Morgan fingerprint density at radius 1 is 1.31 bits per heavy atom. The number of anilines is 1. The van der Waals surface area contributed by atoms with Gasteiger partial charge in [-0.15, -0.1) is 23.7 Å². The molecule has 0 atom stereocenters. The molecule has 0 spiro atoms. The molecule has 4 heteroatoms. The van der Waals surface area contributed by atoms with Crippen LogP contribution in [0.15, 0.2) is 5.38 Å². The monoisotopic (exact) mass is 218 g/mol. The van der Waals surface area contributed by atoms with Crippen LogP contribution in [-0.4, -0.2) is 4.98 Å². The highest BCUT2D eigenvalue weighted by Gasteiger charge is 2.17. The maximum Gasteiger partial charge on any atom is 0.180 e. The Balaban J connectivity index is 0.000000845. The number of hydrogen-bond acceptors (Lipinski definition) is 3. The van der Waals surface area contributed by atoms with Gasteiger partial charge in [-0.1, -0.05) is 19.3 Å². The van der Waals surface area contributed by atoms with E-state index in [1.54, 1.807) is 11.3 Å². The molecule has 0 saturated heterocycles. The van der Waals surface area contributed by atoms with Crippen LogP contribution in [0.4, 0.5) is 5.13 Å². The van der Waals surface area contributed by atoms with E-state index in [0.29, 0.717) is 5.92 Å². The molecule has 0 amide bonds. The average molecular weight is 219 g/mol. The number of hydrogen-bond donors (Lipinski definition) is 1. The third-order valence-electron chi connectivity index (χ3n) is 2.56. The molecule has 1 aromatic heterocycles. The van der Waals surface area contributed by atoms with E-state index in [2.05, 4.69) is 10.4 Å². The molecule has 0 radical (unpaired) electrons. The first-order chi connectivity index (χ1) is 5.86. The standard InChI is InChI=1S/C9H14N2S.ClH/c10-9-11-8(6-12-9)7-4-2-1-3-5-7;/h6-7H,1-5H2,(H2,10,11);1H. The van der Waals surface area contributed by atoms with Crippen molar-refractivity contribution < 1.29 is 0 Å². The van der Waals surface area contributed by atoms with Crippen molar-refractivity contribution in [2.75, 3.05) is 5.73 Å². The van der Waals surface area contributed by atoms with Crippen molar-refractivity contribution in [1.29, 1.82) is 0 Å². The smallest absolute Gasteiger partial charge is 0.180 e. The van der Waals surface area contributed by atoms with E-state index < -0.39 is 0 Å². The van der Waals surface area contributed by atoms with Crippen molar-refractivity contribution in [1.82, 2.24) is 4.98 Å². The van der Waals surface area contributed by atoms with E-state index in [1.165, 1.54) is 37.8 Å². The van der Waals surface area contributed by atoms with Crippen molar-refractivity contribution >= 4 is 28.9 Å². The molecule has 1 aliphatic rings. The summed E-state index contributed by atoms with van der Waals surface area (Å²) in [6.45, 7) is 0. The van der Waals surface area contributed by atoms with E-state index in [4.69, 9.17) is 5.73 Å². The number of thiazole rings is 1. The van der Waals surface area contributed by atoms with Crippen molar-refractivity contribution in [2.24, 2.45) is 0 Å². The third-order valence-corrected chi connectivity index (χ3v) is 3.26. The van der Waals surface area contributed by atoms with Gasteiger partial charge in [-0.2, -0.15) is 0 Å². The van der Waals surface area contributed by atoms with Gasteiger partial charge in [0.05, 0.1) is 5.69 Å². The van der Waals surface area contributed by atoms with Crippen LogP contribution in [0.1, 0.15) is 43.7 Å². The Kier molecular flexibility index (Phi) is 4.00. The number of halogens is 1. The molecule has 0 aliphatic heterocycles. The van der Waals surface area contributed by atoms with Crippen LogP contribution in [0.3, 0.4) is 0 Å². The van der Waals surface area contributed by atoms with Gasteiger partial charge < -0.3 is 5.73 Å². The number of nitrogens with zero attached hydrogens (tertiary/aromatic N) is 1. The summed E-state index contributed by atoms with van der Waals surface area (Å²) in [5.41, 5.74) is 6.83. The maximum atomic E-state index is 5.59. The normalized spacial score (nSPS) is 18.2. The van der Waals surface area contributed by atoms with Crippen molar-refractivity contribution in [3.8, 4) is 0 Å². The number of nitrogen functional groups attached to an aromatic ring is 1. The Hall–Kier alpha value is -0.280. The highest BCUT2D eigenvalue weighted by atomic mass is 35.5. The first-order valence-corrected chi connectivity index (χ1v) is 5.45. The molecule has 0 bridgehead atoms. The molecule has 0 unspecified atom stereocenters. The molecule has 1 aliphatic carbocycles. The molecule has 2 nitrogen and oxygen atoms in total. The molecule has 74 valence electrons. The zero-order valence-electron chi connectivity index (χ0n) is 7.53. The van der Waals surface area contributed by atoms with Crippen LogP contribution in [0.2, 0.25) is 0 Å². The van der Waals surface area contributed by atoms with Gasteiger partial charge in [0.15, 0.2) is 5.13 Å². The molecule has 2 rings (SSSR count). The van der Waals surface area contributed by atoms with Crippen molar-refractivity contribution in [2.45, 2.75) is 38.0 Å². The zero-order chi connectivity index (χ0) is 8.39. The lowest BCUT2D eigenvalue weighted by molar-refractivity contribution is 0.438. The predicted octanol–water partition coefficient (Wildman–Crippen LogP) is 3.19. The van der Waals surface area contributed by atoms with Crippen LogP contribution in [0, 0.1) is 0 Å². The summed E-state index contributed by atoms with van der Waals surface area (Å²) in [5.74, 6) is 0.701. The fraction of sp³-hybridized carbons (Fsp3) is 0.667. The van der Waals surface area contributed by atoms with Gasteiger partial charge in [0.1, 0.15) is 0 Å². The second-order valence-electron chi connectivity index (χ2n) is 3.45. The fourth-order valence-electron chi connectivity index (χ4n) is 1.89. The van der Waals surface area contributed by atoms with Gasteiger partial charge in [0.2, 0.25) is 0 Å². The minimum Gasteiger partial charge on any atom is -0.375 e. The highest BCUT2D eigenvalue weighted by molar-refractivity contribution is 7.13. The topological polar surface area (TPSA) is 38.9 Å². The molecule has 1 saturated carbocycles. The molecule has 13 heavy (non-hydrogen) atoms. The summed E-state index contributed by atoms with van der Waals surface area (Å²) < 4.78 is 0. The molecule has 1 heterocycles. The molecule has 2 N–H and O–H groups in total. The largest absolute Gasteiger partial charge is 0.375 e. The molecule has 0 aromatic carbocycles. The van der Waals surface area contributed by atoms with Gasteiger partial charge >= 0.3 is 0 Å². The van der Waals surface area contributed by atoms with Crippen LogP contribution < -0.4 is 5.73 Å². The van der Waals surface area contributed by atoms with Crippen molar-refractivity contribution in [3.63, 3.8) is 0 Å². The fourth-order valence-corrected chi connectivity index (χ4v) is 2.53. The molecule has 1 aromatic rings. The molecular weight excluding hydrogens is 204 g/mol. The Bertz CT molecular complexity index is 256. The number of aromatic nitrogens is 1. The summed E-state index contributed by atoms with van der Waals surface area (Å²) in [5, 5.41) is 2.83. The quantitative estimate of drug-likeness (QED) is 0.787. The minimum atomic E-state index is 0. The maximum absolute atomic E-state index is 5.59. The summed E-state index contributed by atoms with van der Waals surface area (Å²) in [6.07, 6.45) is 6.74. The van der Waals surface area contributed by atoms with E-state index in [-0.39, 0.29) is 12.4 Å². The van der Waals surface area contributed by atoms with E-state index >= 15 is 0 Å². The van der Waals surface area contributed by atoms with Gasteiger partial charge in [0, 0.05) is 11.3 Å². The average Bonchev–Trinajstić information content (AvgIpc) is 2.54. The Labute approximate surface area is 89.0 Å².